The van der Waals surface area contributed by atoms with Gasteiger partial charge in [-0.25, -0.2) is 4.98 Å². The second kappa shape index (κ2) is 5.13. The lowest BCUT2D eigenvalue weighted by Gasteiger charge is -2.07. The molecular weight excluding hydrogens is 272 g/mol. The van der Waals surface area contributed by atoms with E-state index in [1.807, 2.05) is 29.0 Å². The number of hydrogen-bond donors (Lipinski definition) is 1. The van der Waals surface area contributed by atoms with Gasteiger partial charge < -0.3 is 5.32 Å². The fourth-order valence-electron chi connectivity index (χ4n) is 2.26. The molecule has 2 aromatic heterocycles. The third-order valence-corrected chi connectivity index (χ3v) is 3.20. The minimum atomic E-state index is 0.249. The first-order valence-corrected chi connectivity index (χ1v) is 6.88. The van der Waals surface area contributed by atoms with E-state index in [1.165, 1.54) is 0 Å². The van der Waals surface area contributed by atoms with Crippen LogP contribution in [0.3, 0.4) is 0 Å². The second-order valence-corrected chi connectivity index (χ2v) is 5.25. The van der Waals surface area contributed by atoms with E-state index in [1.54, 1.807) is 6.20 Å². The molecule has 3 rings (SSSR count). The van der Waals surface area contributed by atoms with Crippen LogP contribution in [-0.2, 0) is 0 Å². The Morgan fingerprint density at radius 2 is 2.00 bits per heavy atom. The molecule has 1 aromatic carbocycles. The monoisotopic (exact) mass is 286 g/mol. The molecule has 0 radical (unpaired) electrons. The smallest absolute Gasteiger partial charge is 0.224 e. The molecule has 4 nitrogen and oxygen atoms in total. The molecule has 3 aromatic rings. The van der Waals surface area contributed by atoms with E-state index in [0.29, 0.717) is 6.04 Å². The van der Waals surface area contributed by atoms with Crippen LogP contribution in [0.25, 0.3) is 16.7 Å². The topological polar surface area (TPSA) is 42.7 Å². The maximum Gasteiger partial charge on any atom is 0.224 e. The van der Waals surface area contributed by atoms with Gasteiger partial charge in [0.15, 0.2) is 0 Å². The summed E-state index contributed by atoms with van der Waals surface area (Å²) < 4.78 is 2.02. The van der Waals surface area contributed by atoms with E-state index >= 15 is 0 Å². The van der Waals surface area contributed by atoms with Crippen molar-refractivity contribution in [2.75, 3.05) is 5.32 Å². The molecule has 0 atom stereocenters. The summed E-state index contributed by atoms with van der Waals surface area (Å²) in [7, 11) is 0. The van der Waals surface area contributed by atoms with Gasteiger partial charge in [-0.1, -0.05) is 18.2 Å². The number of hydrogen-bond acceptors (Lipinski definition) is 3. The van der Waals surface area contributed by atoms with Crippen molar-refractivity contribution in [1.29, 1.82) is 0 Å². The van der Waals surface area contributed by atoms with Crippen LogP contribution in [0.2, 0.25) is 5.28 Å². The molecule has 0 saturated heterocycles. The quantitative estimate of drug-likeness (QED) is 0.743. The van der Waals surface area contributed by atoms with E-state index in [0.717, 1.165) is 22.4 Å². The van der Waals surface area contributed by atoms with Crippen molar-refractivity contribution in [3.05, 3.63) is 48.0 Å². The average molecular weight is 287 g/mol. The summed E-state index contributed by atoms with van der Waals surface area (Å²) >= 11 is 5.89. The van der Waals surface area contributed by atoms with Crippen molar-refractivity contribution in [1.82, 2.24) is 14.5 Å². The minimum absolute atomic E-state index is 0.249. The summed E-state index contributed by atoms with van der Waals surface area (Å²) in [5, 5.41) is 4.87. The largest absolute Gasteiger partial charge is 0.381 e. The van der Waals surface area contributed by atoms with Gasteiger partial charge in [0.1, 0.15) is 5.82 Å². The van der Waals surface area contributed by atoms with E-state index in [9.17, 15) is 0 Å². The Kier molecular flexibility index (Phi) is 3.32. The zero-order chi connectivity index (χ0) is 14.1. The van der Waals surface area contributed by atoms with Gasteiger partial charge in [-0.05, 0) is 37.6 Å². The Labute approximate surface area is 122 Å². The Hall–Kier alpha value is -2.07. The van der Waals surface area contributed by atoms with Crippen molar-refractivity contribution in [3.8, 4) is 5.82 Å². The molecule has 0 spiro atoms. The van der Waals surface area contributed by atoms with Crippen LogP contribution in [0.4, 0.5) is 5.69 Å². The first-order valence-electron chi connectivity index (χ1n) is 6.50. The lowest BCUT2D eigenvalue weighted by atomic mass is 10.2. The van der Waals surface area contributed by atoms with Gasteiger partial charge in [0.05, 0.1) is 11.2 Å². The van der Waals surface area contributed by atoms with Crippen LogP contribution in [-0.4, -0.2) is 20.6 Å². The van der Waals surface area contributed by atoms with Gasteiger partial charge >= 0.3 is 0 Å². The molecule has 0 saturated carbocycles. The van der Waals surface area contributed by atoms with Crippen LogP contribution >= 0.6 is 11.6 Å². The Bertz CT molecular complexity index is 748. The molecule has 0 aliphatic carbocycles. The van der Waals surface area contributed by atoms with E-state index in [4.69, 9.17) is 11.6 Å². The standard InChI is InChI=1S/C15H15ClN4/c1-10(2)18-12-9-20(13-6-4-3-5-11(12)13)14-7-8-17-15(16)19-14/h3-10,18H,1-2H3. The zero-order valence-electron chi connectivity index (χ0n) is 11.3. The molecule has 0 unspecified atom stereocenters. The minimum Gasteiger partial charge on any atom is -0.381 e. The molecule has 102 valence electrons. The lowest BCUT2D eigenvalue weighted by Crippen LogP contribution is -2.09. The Balaban J connectivity index is 2.21. The molecule has 2 heterocycles. The van der Waals surface area contributed by atoms with Crippen molar-refractivity contribution in [2.24, 2.45) is 0 Å². The number of halogens is 1. The fourth-order valence-corrected chi connectivity index (χ4v) is 2.40. The van der Waals surface area contributed by atoms with Crippen LogP contribution < -0.4 is 5.32 Å². The summed E-state index contributed by atoms with van der Waals surface area (Å²) in [6.45, 7) is 4.24. The number of aromatic nitrogens is 3. The number of nitrogens with one attached hydrogen (secondary N) is 1. The number of anilines is 1. The number of fused-ring (bicyclic) bond motifs is 1. The highest BCUT2D eigenvalue weighted by Crippen LogP contribution is 2.28. The van der Waals surface area contributed by atoms with E-state index in [-0.39, 0.29) is 5.28 Å². The van der Waals surface area contributed by atoms with Gasteiger partial charge in [0.2, 0.25) is 5.28 Å². The van der Waals surface area contributed by atoms with Crippen LogP contribution in [0.5, 0.6) is 0 Å². The average Bonchev–Trinajstić information content (AvgIpc) is 2.77. The van der Waals surface area contributed by atoms with Crippen molar-refractivity contribution in [3.63, 3.8) is 0 Å². The molecular formula is C15H15ClN4. The van der Waals surface area contributed by atoms with E-state index < -0.39 is 0 Å². The molecule has 0 aliphatic heterocycles. The highest BCUT2D eigenvalue weighted by Gasteiger charge is 2.11. The molecule has 0 bridgehead atoms. The van der Waals surface area contributed by atoms with Gasteiger partial charge in [0.25, 0.3) is 0 Å². The third-order valence-electron chi connectivity index (χ3n) is 3.01. The highest BCUT2D eigenvalue weighted by atomic mass is 35.5. The lowest BCUT2D eigenvalue weighted by molar-refractivity contribution is 0.899. The van der Waals surface area contributed by atoms with Crippen LogP contribution in [0.1, 0.15) is 13.8 Å². The molecule has 0 amide bonds. The van der Waals surface area contributed by atoms with Gasteiger partial charge in [0, 0.05) is 23.8 Å². The predicted octanol–water partition coefficient (Wildman–Crippen LogP) is 3.89. The van der Waals surface area contributed by atoms with Gasteiger partial charge in [-0.3, -0.25) is 4.57 Å². The van der Waals surface area contributed by atoms with Gasteiger partial charge in [-0.2, -0.15) is 4.98 Å². The summed E-state index contributed by atoms with van der Waals surface area (Å²) in [6.07, 6.45) is 3.71. The number of para-hydroxylation sites is 1. The van der Waals surface area contributed by atoms with Crippen LogP contribution in [0.15, 0.2) is 42.7 Å². The molecule has 0 aliphatic rings. The maximum absolute atomic E-state index is 5.89. The van der Waals surface area contributed by atoms with Gasteiger partial charge in [-0.15, -0.1) is 0 Å². The normalized spacial score (nSPS) is 11.2. The predicted molar refractivity (Wildman–Crippen MR) is 82.6 cm³/mol. The summed E-state index contributed by atoms with van der Waals surface area (Å²) in [6, 6.07) is 10.4. The molecule has 20 heavy (non-hydrogen) atoms. The van der Waals surface area contributed by atoms with E-state index in [2.05, 4.69) is 41.3 Å². The number of nitrogens with zero attached hydrogens (tertiary/aromatic N) is 3. The number of benzene rings is 1. The Morgan fingerprint density at radius 1 is 1.20 bits per heavy atom. The first kappa shape index (κ1) is 12.9. The van der Waals surface area contributed by atoms with Crippen molar-refractivity contribution < 1.29 is 0 Å². The molecule has 5 heteroatoms. The number of rotatable bonds is 3. The third kappa shape index (κ3) is 2.34. The second-order valence-electron chi connectivity index (χ2n) is 4.91. The highest BCUT2D eigenvalue weighted by molar-refractivity contribution is 6.28. The van der Waals surface area contributed by atoms with Crippen molar-refractivity contribution >= 4 is 28.2 Å². The molecule has 0 fully saturated rings. The zero-order valence-corrected chi connectivity index (χ0v) is 12.1. The maximum atomic E-state index is 5.89. The fraction of sp³-hybridized carbons (Fsp3) is 0.200. The summed E-state index contributed by atoms with van der Waals surface area (Å²) in [5.41, 5.74) is 2.18. The van der Waals surface area contributed by atoms with Crippen LogP contribution in [0, 0.1) is 0 Å². The summed E-state index contributed by atoms with van der Waals surface area (Å²) in [4.78, 5) is 8.20. The molecule has 1 N–H and O–H groups in total. The SMILES string of the molecule is CC(C)Nc1cn(-c2ccnc(Cl)n2)c2ccccc12. The Morgan fingerprint density at radius 3 is 2.75 bits per heavy atom. The summed E-state index contributed by atoms with van der Waals surface area (Å²) in [5.74, 6) is 0.762. The van der Waals surface area contributed by atoms with Crippen molar-refractivity contribution in [2.45, 2.75) is 19.9 Å². The first-order chi connectivity index (χ1) is 9.65.